The summed E-state index contributed by atoms with van der Waals surface area (Å²) in [5, 5.41) is 8.82. The number of aliphatic hydroxyl groups is 1. The van der Waals surface area contributed by atoms with Gasteiger partial charge in [-0.3, -0.25) is 14.8 Å². The van der Waals surface area contributed by atoms with Gasteiger partial charge in [-0.25, -0.2) is 0 Å². The number of hydrogen-bond donors (Lipinski definition) is 1. The predicted octanol–water partition coefficient (Wildman–Crippen LogP) is 0.424. The number of aliphatic imine (C=N–C) groups is 1. The molecule has 164 valence electrons. The molecule has 0 aromatic carbocycles. The molecule has 1 unspecified atom stereocenters. The standard InChI is InChI=1S/C28H25N3O2/c1-3-5-6-7-8-9-10-11-12-13-14-15-16-17-18-19-28-30(22-21-29-20-4-2)23-24-31(28)25-26-33-27-32/h20,28,32H,4,21-27H2,1-2H3. The lowest BCUT2D eigenvalue weighted by Crippen LogP contribution is -2.40. The van der Waals surface area contributed by atoms with Crippen molar-refractivity contribution in [2.45, 2.75) is 26.4 Å². The van der Waals surface area contributed by atoms with Crippen LogP contribution >= 0.6 is 0 Å². The third-order valence-electron chi connectivity index (χ3n) is 3.95. The number of aliphatic hydroxyl groups excluding tert-OH is 1. The molecule has 0 aliphatic carbocycles. The maximum absolute atomic E-state index is 8.82. The molecular formula is C28H25N3O2. The Kier molecular flexibility index (Phi) is 16.3. The van der Waals surface area contributed by atoms with Crippen LogP contribution in [0.2, 0.25) is 0 Å². The second-order valence-electron chi connectivity index (χ2n) is 6.12. The third kappa shape index (κ3) is 13.8. The second-order valence-corrected chi connectivity index (χ2v) is 6.12. The summed E-state index contributed by atoms with van der Waals surface area (Å²) in [6.45, 7) is 7.94. The molecule has 0 saturated carbocycles. The van der Waals surface area contributed by atoms with Crippen LogP contribution in [0.5, 0.6) is 0 Å². The topological polar surface area (TPSA) is 48.3 Å². The lowest BCUT2D eigenvalue weighted by atomic mass is 10.3. The van der Waals surface area contributed by atoms with Gasteiger partial charge in [-0.05, 0) is 102 Å². The van der Waals surface area contributed by atoms with E-state index >= 15 is 0 Å². The first-order chi connectivity index (χ1) is 16.3. The van der Waals surface area contributed by atoms with E-state index in [0.29, 0.717) is 13.2 Å². The van der Waals surface area contributed by atoms with Crippen LogP contribution in [0.25, 0.3) is 0 Å². The van der Waals surface area contributed by atoms with Gasteiger partial charge in [-0.2, -0.15) is 0 Å². The molecular weight excluding hydrogens is 410 g/mol. The fourth-order valence-corrected chi connectivity index (χ4v) is 2.57. The van der Waals surface area contributed by atoms with E-state index in [9.17, 15) is 0 Å². The van der Waals surface area contributed by atoms with Crippen LogP contribution in [-0.2, 0) is 4.74 Å². The minimum Gasteiger partial charge on any atom is -0.371 e. The molecule has 0 aromatic rings. The Morgan fingerprint density at radius 1 is 0.818 bits per heavy atom. The number of ether oxygens (including phenoxy) is 1. The summed E-state index contributed by atoms with van der Waals surface area (Å²) in [6, 6.07) is 0. The van der Waals surface area contributed by atoms with Crippen LogP contribution in [0, 0.1) is 94.7 Å². The zero-order chi connectivity index (χ0) is 23.8. The molecule has 1 aliphatic heterocycles. The normalized spacial score (nSPS) is 13.7. The molecule has 1 fully saturated rings. The zero-order valence-electron chi connectivity index (χ0n) is 19.0. The molecule has 0 amide bonds. The average Bonchev–Trinajstić information content (AvgIpc) is 3.21. The summed E-state index contributed by atoms with van der Waals surface area (Å²) < 4.78 is 5.06. The highest BCUT2D eigenvalue weighted by molar-refractivity contribution is 5.56. The van der Waals surface area contributed by atoms with E-state index in [-0.39, 0.29) is 13.0 Å². The van der Waals surface area contributed by atoms with Gasteiger partial charge in [0, 0.05) is 26.2 Å². The van der Waals surface area contributed by atoms with E-state index in [2.05, 4.69) is 116 Å². The van der Waals surface area contributed by atoms with E-state index < -0.39 is 0 Å². The predicted molar refractivity (Wildman–Crippen MR) is 132 cm³/mol. The van der Waals surface area contributed by atoms with E-state index in [1.807, 2.05) is 6.21 Å². The van der Waals surface area contributed by atoms with Crippen molar-refractivity contribution in [3.63, 3.8) is 0 Å². The second kappa shape index (κ2) is 19.9. The highest BCUT2D eigenvalue weighted by atomic mass is 16.6. The Morgan fingerprint density at radius 3 is 1.85 bits per heavy atom. The molecule has 1 aliphatic rings. The Hall–Kier alpha value is -4.01. The minimum absolute atomic E-state index is 0.0683. The fourth-order valence-electron chi connectivity index (χ4n) is 2.57. The Morgan fingerprint density at radius 2 is 1.33 bits per heavy atom. The molecule has 1 rings (SSSR count). The Bertz CT molecular complexity index is 1160. The largest absolute Gasteiger partial charge is 0.371 e. The van der Waals surface area contributed by atoms with Crippen molar-refractivity contribution in [2.24, 2.45) is 4.99 Å². The van der Waals surface area contributed by atoms with Gasteiger partial charge in [0.05, 0.1) is 13.2 Å². The van der Waals surface area contributed by atoms with Crippen molar-refractivity contribution in [1.29, 1.82) is 0 Å². The molecule has 1 saturated heterocycles. The van der Waals surface area contributed by atoms with Crippen molar-refractivity contribution in [3.8, 4) is 94.7 Å². The van der Waals surface area contributed by atoms with E-state index in [1.165, 1.54) is 0 Å². The molecule has 0 aromatic heterocycles. The zero-order valence-corrected chi connectivity index (χ0v) is 19.0. The Balaban J connectivity index is 2.66. The third-order valence-corrected chi connectivity index (χ3v) is 3.95. The van der Waals surface area contributed by atoms with Crippen molar-refractivity contribution in [2.75, 3.05) is 46.1 Å². The summed E-state index contributed by atoms with van der Waals surface area (Å²) in [6.07, 6.45) is 2.79. The van der Waals surface area contributed by atoms with Crippen LogP contribution in [0.4, 0.5) is 0 Å². The molecule has 1 heterocycles. The highest BCUT2D eigenvalue weighted by Crippen LogP contribution is 2.13. The number of hydrogen-bond acceptors (Lipinski definition) is 5. The van der Waals surface area contributed by atoms with E-state index in [0.717, 1.165) is 32.6 Å². The van der Waals surface area contributed by atoms with Crippen LogP contribution in [0.1, 0.15) is 20.3 Å². The van der Waals surface area contributed by atoms with Gasteiger partial charge >= 0.3 is 0 Å². The molecule has 0 radical (unpaired) electrons. The van der Waals surface area contributed by atoms with Gasteiger partial charge < -0.3 is 9.84 Å². The number of nitrogens with zero attached hydrogens (tertiary/aromatic N) is 3. The molecule has 33 heavy (non-hydrogen) atoms. The highest BCUT2D eigenvalue weighted by Gasteiger charge is 2.29. The molecule has 0 bridgehead atoms. The maximum atomic E-state index is 8.82. The monoisotopic (exact) mass is 435 g/mol. The van der Waals surface area contributed by atoms with Gasteiger partial charge in [-0.1, -0.05) is 18.8 Å². The van der Waals surface area contributed by atoms with Crippen LogP contribution in [0.3, 0.4) is 0 Å². The fraction of sp³-hybridized carbons (Fsp3) is 0.393. The average molecular weight is 436 g/mol. The van der Waals surface area contributed by atoms with Gasteiger partial charge in [0.25, 0.3) is 0 Å². The number of rotatable bonds is 8. The van der Waals surface area contributed by atoms with Crippen LogP contribution < -0.4 is 0 Å². The van der Waals surface area contributed by atoms with Gasteiger partial charge in [0.2, 0.25) is 0 Å². The van der Waals surface area contributed by atoms with Crippen molar-refractivity contribution in [1.82, 2.24) is 9.80 Å². The lowest BCUT2D eigenvalue weighted by molar-refractivity contribution is -0.0116. The van der Waals surface area contributed by atoms with Crippen molar-refractivity contribution >= 4 is 6.21 Å². The summed E-state index contributed by atoms with van der Waals surface area (Å²) in [5.74, 6) is 42.4. The summed E-state index contributed by atoms with van der Waals surface area (Å²) in [7, 11) is 0. The van der Waals surface area contributed by atoms with Crippen LogP contribution in [0.15, 0.2) is 4.99 Å². The van der Waals surface area contributed by atoms with E-state index in [4.69, 9.17) is 9.84 Å². The summed E-state index contributed by atoms with van der Waals surface area (Å²) in [5.41, 5.74) is 0. The first-order valence-corrected chi connectivity index (χ1v) is 10.4. The smallest absolute Gasteiger partial charge is 0.143 e. The molecule has 1 atom stereocenters. The van der Waals surface area contributed by atoms with Gasteiger partial charge in [-0.15, -0.1) is 0 Å². The van der Waals surface area contributed by atoms with Crippen molar-refractivity contribution < 1.29 is 9.84 Å². The van der Waals surface area contributed by atoms with E-state index in [1.54, 1.807) is 6.92 Å². The quantitative estimate of drug-likeness (QED) is 0.260. The first-order valence-electron chi connectivity index (χ1n) is 10.4. The summed E-state index contributed by atoms with van der Waals surface area (Å²) in [4.78, 5) is 8.86. The molecule has 5 heteroatoms. The molecule has 1 N–H and O–H groups in total. The summed E-state index contributed by atoms with van der Waals surface area (Å²) >= 11 is 0. The Labute approximate surface area is 198 Å². The van der Waals surface area contributed by atoms with Crippen molar-refractivity contribution in [3.05, 3.63) is 0 Å². The van der Waals surface area contributed by atoms with Gasteiger partial charge in [0.15, 0.2) is 0 Å². The maximum Gasteiger partial charge on any atom is 0.143 e. The minimum atomic E-state index is -0.283. The molecule has 5 nitrogen and oxygen atoms in total. The SMILES string of the molecule is CC#CC#CC#CC#CC#CC#CC#CC#CC1N(CCN=CCC)CCN1CCOCO. The lowest BCUT2D eigenvalue weighted by Gasteiger charge is -2.25. The molecule has 0 spiro atoms. The van der Waals surface area contributed by atoms with Crippen LogP contribution in [-0.4, -0.2) is 73.4 Å². The first kappa shape index (κ1) is 27.0. The van der Waals surface area contributed by atoms with Gasteiger partial charge in [0.1, 0.15) is 13.0 Å².